The summed E-state index contributed by atoms with van der Waals surface area (Å²) in [6, 6.07) is 10.1. The first-order chi connectivity index (χ1) is 8.74. The molecule has 0 spiro atoms. The molecule has 3 nitrogen and oxygen atoms in total. The molecule has 0 bridgehead atoms. The summed E-state index contributed by atoms with van der Waals surface area (Å²) in [7, 11) is 0. The number of hydrogen-bond acceptors (Lipinski definition) is 3. The monoisotopic (exact) mass is 257 g/mol. The van der Waals surface area contributed by atoms with Gasteiger partial charge in [0, 0.05) is 5.75 Å². The highest BCUT2D eigenvalue weighted by Gasteiger charge is 2.00. The maximum atomic E-state index is 4.37. The van der Waals surface area contributed by atoms with E-state index in [0.29, 0.717) is 0 Å². The van der Waals surface area contributed by atoms with Gasteiger partial charge in [-0.3, -0.25) is 5.10 Å². The van der Waals surface area contributed by atoms with Crippen molar-refractivity contribution in [2.75, 3.05) is 5.75 Å². The van der Waals surface area contributed by atoms with Gasteiger partial charge < -0.3 is 0 Å². The molecule has 1 aromatic carbocycles. The second-order valence-electron chi connectivity index (χ2n) is 3.99. The van der Waals surface area contributed by atoms with E-state index in [-0.39, 0.29) is 0 Å². The van der Waals surface area contributed by atoms with E-state index >= 15 is 0 Å². The zero-order valence-corrected chi connectivity index (χ0v) is 11.1. The van der Waals surface area contributed by atoms with Gasteiger partial charge in [0.2, 0.25) is 5.16 Å². The summed E-state index contributed by atoms with van der Waals surface area (Å²) in [4.78, 5) is 4.37. The van der Waals surface area contributed by atoms with Gasteiger partial charge in [0.25, 0.3) is 0 Å². The molecule has 0 radical (unpaired) electrons. The van der Waals surface area contributed by atoms with Crippen LogP contribution >= 0.6 is 11.8 Å². The fraction of sp³-hybridized carbons (Fsp3) is 0.143. The molecule has 0 atom stereocenters. The summed E-state index contributed by atoms with van der Waals surface area (Å²) in [6.45, 7) is 5.85. The molecule has 0 aliphatic rings. The highest BCUT2D eigenvalue weighted by molar-refractivity contribution is 7.99. The van der Waals surface area contributed by atoms with Gasteiger partial charge in [0.05, 0.1) is 0 Å². The number of nitrogens with zero attached hydrogens (tertiary/aromatic N) is 2. The van der Waals surface area contributed by atoms with E-state index in [2.05, 4.69) is 21.8 Å². The van der Waals surface area contributed by atoms with Crippen LogP contribution in [0.5, 0.6) is 0 Å². The maximum Gasteiger partial charge on any atom is 0.209 e. The van der Waals surface area contributed by atoms with Gasteiger partial charge in [-0.05, 0) is 18.6 Å². The average molecular weight is 257 g/mol. The third kappa shape index (κ3) is 3.89. The van der Waals surface area contributed by atoms with Gasteiger partial charge in [0.1, 0.15) is 5.82 Å². The molecule has 1 aromatic heterocycles. The van der Waals surface area contributed by atoms with E-state index in [1.165, 1.54) is 0 Å². The van der Waals surface area contributed by atoms with Crippen LogP contribution in [0, 0.1) is 0 Å². The summed E-state index contributed by atoms with van der Waals surface area (Å²) >= 11 is 1.58. The molecule has 0 unspecified atom stereocenters. The van der Waals surface area contributed by atoms with Crippen LogP contribution in [0.25, 0.3) is 12.2 Å². The van der Waals surface area contributed by atoms with Crippen LogP contribution in [-0.2, 0) is 0 Å². The van der Waals surface area contributed by atoms with Crippen molar-refractivity contribution in [3.05, 3.63) is 53.9 Å². The van der Waals surface area contributed by atoms with Crippen molar-refractivity contribution < 1.29 is 0 Å². The molecule has 0 saturated carbocycles. The molecule has 2 rings (SSSR count). The number of aromatic amines is 1. The first-order valence-corrected chi connectivity index (χ1v) is 6.65. The van der Waals surface area contributed by atoms with Crippen molar-refractivity contribution in [3.8, 4) is 0 Å². The molecule has 0 aliphatic carbocycles. The lowest BCUT2D eigenvalue weighted by Gasteiger charge is -1.92. The Labute approximate surface area is 111 Å². The van der Waals surface area contributed by atoms with Gasteiger partial charge in [0.15, 0.2) is 0 Å². The molecule has 4 heteroatoms. The topological polar surface area (TPSA) is 41.6 Å². The fourth-order valence-electron chi connectivity index (χ4n) is 1.32. The molecule has 0 aliphatic heterocycles. The highest BCUT2D eigenvalue weighted by atomic mass is 32.2. The normalized spacial score (nSPS) is 10.9. The van der Waals surface area contributed by atoms with Crippen LogP contribution in [0.15, 0.2) is 47.6 Å². The molecular weight excluding hydrogens is 242 g/mol. The lowest BCUT2D eigenvalue weighted by atomic mass is 10.2. The van der Waals surface area contributed by atoms with Crippen LogP contribution in [0.1, 0.15) is 18.3 Å². The van der Waals surface area contributed by atoms with Gasteiger partial charge in [-0.2, -0.15) is 0 Å². The van der Waals surface area contributed by atoms with Crippen LogP contribution in [0.3, 0.4) is 0 Å². The molecular formula is C14H15N3S. The Kier molecular flexibility index (Phi) is 4.36. The smallest absolute Gasteiger partial charge is 0.209 e. The van der Waals surface area contributed by atoms with Gasteiger partial charge in [-0.25, -0.2) is 4.98 Å². The van der Waals surface area contributed by atoms with Crippen molar-refractivity contribution in [3.63, 3.8) is 0 Å². The summed E-state index contributed by atoms with van der Waals surface area (Å²) in [5.41, 5.74) is 2.26. The molecule has 1 N–H and O–H groups in total. The second-order valence-corrected chi connectivity index (χ2v) is 4.94. The predicted molar refractivity (Wildman–Crippen MR) is 77.3 cm³/mol. The number of benzene rings is 1. The van der Waals surface area contributed by atoms with Crippen molar-refractivity contribution in [2.45, 2.75) is 12.1 Å². The second kappa shape index (κ2) is 6.21. The molecule has 0 saturated heterocycles. The number of hydrogen-bond donors (Lipinski definition) is 1. The van der Waals surface area contributed by atoms with Crippen LogP contribution in [0.2, 0.25) is 0 Å². The quantitative estimate of drug-likeness (QED) is 0.656. The zero-order valence-electron chi connectivity index (χ0n) is 10.3. The van der Waals surface area contributed by atoms with Gasteiger partial charge >= 0.3 is 0 Å². The Balaban J connectivity index is 1.98. The summed E-state index contributed by atoms with van der Waals surface area (Å²) in [5, 5.41) is 7.79. The number of aromatic nitrogens is 3. The molecule has 1 heterocycles. The SMILES string of the molecule is C=C(C)CSc1n[nH]c(/C=C/c2ccccc2)n1. The molecule has 92 valence electrons. The third-order valence-electron chi connectivity index (χ3n) is 2.16. The number of thioether (sulfide) groups is 1. The predicted octanol–water partition coefficient (Wildman–Crippen LogP) is 3.64. The van der Waals surface area contributed by atoms with E-state index in [9.17, 15) is 0 Å². The minimum Gasteiger partial charge on any atom is -0.259 e. The average Bonchev–Trinajstić information content (AvgIpc) is 2.83. The third-order valence-corrected chi connectivity index (χ3v) is 3.24. The van der Waals surface area contributed by atoms with E-state index in [1.807, 2.05) is 49.4 Å². The van der Waals surface area contributed by atoms with E-state index in [4.69, 9.17) is 0 Å². The highest BCUT2D eigenvalue weighted by Crippen LogP contribution is 2.15. The van der Waals surface area contributed by atoms with Crippen LogP contribution in [0.4, 0.5) is 0 Å². The Morgan fingerprint density at radius 1 is 1.33 bits per heavy atom. The van der Waals surface area contributed by atoms with Crippen molar-refractivity contribution in [1.82, 2.24) is 15.2 Å². The standard InChI is InChI=1S/C14H15N3S/c1-11(2)10-18-14-15-13(16-17-14)9-8-12-6-4-3-5-7-12/h3-9H,1,10H2,2H3,(H,15,16,17)/b9-8+. The molecule has 2 aromatic rings. The molecule has 0 fully saturated rings. The Hall–Kier alpha value is -1.81. The largest absolute Gasteiger partial charge is 0.259 e. The van der Waals surface area contributed by atoms with E-state index < -0.39 is 0 Å². The Morgan fingerprint density at radius 2 is 2.11 bits per heavy atom. The van der Waals surface area contributed by atoms with Crippen molar-refractivity contribution in [2.24, 2.45) is 0 Å². The Bertz CT molecular complexity index is 543. The molecule has 18 heavy (non-hydrogen) atoms. The van der Waals surface area contributed by atoms with Crippen LogP contribution < -0.4 is 0 Å². The number of nitrogens with one attached hydrogen (secondary N) is 1. The lowest BCUT2D eigenvalue weighted by Crippen LogP contribution is -1.81. The Morgan fingerprint density at radius 3 is 2.83 bits per heavy atom. The van der Waals surface area contributed by atoms with Crippen molar-refractivity contribution >= 4 is 23.9 Å². The first-order valence-electron chi connectivity index (χ1n) is 5.67. The summed E-state index contributed by atoms with van der Waals surface area (Å²) in [6.07, 6.45) is 3.93. The lowest BCUT2D eigenvalue weighted by molar-refractivity contribution is 0.973. The molecule has 0 amide bonds. The van der Waals surface area contributed by atoms with Gasteiger partial charge in [-0.1, -0.05) is 60.3 Å². The number of rotatable bonds is 5. The van der Waals surface area contributed by atoms with E-state index in [1.54, 1.807) is 11.8 Å². The van der Waals surface area contributed by atoms with Crippen LogP contribution in [-0.4, -0.2) is 20.9 Å². The zero-order chi connectivity index (χ0) is 12.8. The summed E-state index contributed by atoms with van der Waals surface area (Å²) < 4.78 is 0. The van der Waals surface area contributed by atoms with Gasteiger partial charge in [-0.15, -0.1) is 5.10 Å². The summed E-state index contributed by atoms with van der Waals surface area (Å²) in [5.74, 6) is 1.61. The minimum absolute atomic E-state index is 0.755. The van der Waals surface area contributed by atoms with E-state index in [0.717, 1.165) is 27.9 Å². The minimum atomic E-state index is 0.755. The fourth-order valence-corrected chi connectivity index (χ4v) is 1.97. The first kappa shape index (κ1) is 12.6. The number of H-pyrrole nitrogens is 1. The maximum absolute atomic E-state index is 4.37. The van der Waals surface area contributed by atoms with Crippen molar-refractivity contribution in [1.29, 1.82) is 0 Å².